The van der Waals surface area contributed by atoms with Crippen molar-refractivity contribution in [3.8, 4) is 0 Å². The Bertz CT molecular complexity index is 436. The van der Waals surface area contributed by atoms with Gasteiger partial charge in [-0.3, -0.25) is 4.79 Å². The third-order valence-corrected chi connectivity index (χ3v) is 3.35. The summed E-state index contributed by atoms with van der Waals surface area (Å²) in [4.78, 5) is 11.0. The van der Waals surface area contributed by atoms with Gasteiger partial charge < -0.3 is 21.9 Å². The molecule has 0 radical (unpaired) electrons. The average molecular weight is 235 g/mol. The maximum Gasteiger partial charge on any atom is 0.248 e. The predicted molar refractivity (Wildman–Crippen MR) is 66.7 cm³/mol. The highest BCUT2D eigenvalue weighted by Crippen LogP contribution is 2.36. The molecule has 17 heavy (non-hydrogen) atoms. The molecule has 0 bridgehead atoms. The summed E-state index contributed by atoms with van der Waals surface area (Å²) >= 11 is 0. The van der Waals surface area contributed by atoms with Gasteiger partial charge in [-0.25, -0.2) is 0 Å². The molecule has 1 aliphatic rings. The number of rotatable bonds is 4. The zero-order chi connectivity index (χ0) is 12.5. The van der Waals surface area contributed by atoms with Crippen molar-refractivity contribution in [3.05, 3.63) is 23.8 Å². The summed E-state index contributed by atoms with van der Waals surface area (Å²) in [5.41, 5.74) is 12.4. The van der Waals surface area contributed by atoms with Gasteiger partial charge in [0.2, 0.25) is 5.91 Å². The zero-order valence-electron chi connectivity index (χ0n) is 9.57. The highest BCUT2D eigenvalue weighted by atomic mass is 16.3. The Balaban J connectivity index is 2.19. The minimum absolute atomic E-state index is 0.0873. The highest BCUT2D eigenvalue weighted by Gasteiger charge is 2.36. The molecule has 1 aromatic rings. The van der Waals surface area contributed by atoms with E-state index < -0.39 is 5.91 Å². The molecule has 0 atom stereocenters. The fourth-order valence-electron chi connectivity index (χ4n) is 2.04. The van der Waals surface area contributed by atoms with Crippen LogP contribution in [0, 0.1) is 0 Å². The van der Waals surface area contributed by atoms with Crippen LogP contribution in [0.3, 0.4) is 0 Å². The highest BCUT2D eigenvalue weighted by molar-refractivity contribution is 5.94. The van der Waals surface area contributed by atoms with Crippen molar-refractivity contribution in [3.63, 3.8) is 0 Å². The predicted octanol–water partition coefficient (Wildman–Crippen LogP) is 0.695. The number of benzene rings is 1. The minimum atomic E-state index is -0.497. The lowest BCUT2D eigenvalue weighted by Gasteiger charge is -2.42. The van der Waals surface area contributed by atoms with Crippen LogP contribution in [0.25, 0.3) is 0 Å². The molecule has 2 rings (SSSR count). The summed E-state index contributed by atoms with van der Waals surface area (Å²) in [6.45, 7) is 0.0873. The van der Waals surface area contributed by atoms with E-state index >= 15 is 0 Å². The van der Waals surface area contributed by atoms with Crippen molar-refractivity contribution in [1.82, 2.24) is 0 Å². The summed E-state index contributed by atoms with van der Waals surface area (Å²) in [5, 5.41) is 12.6. The maximum atomic E-state index is 11.0. The van der Waals surface area contributed by atoms with Crippen LogP contribution in [0.5, 0.6) is 0 Å². The van der Waals surface area contributed by atoms with E-state index in [9.17, 15) is 9.90 Å². The number of aliphatic hydroxyl groups is 1. The standard InChI is InChI=1S/C12H17N3O2/c13-9-6-8(11(14)17)2-3-10(9)15-12(7-16)4-1-5-12/h2-3,6,15-16H,1,4-5,7,13H2,(H2,14,17). The Morgan fingerprint density at radius 2 is 2.18 bits per heavy atom. The smallest absolute Gasteiger partial charge is 0.248 e. The Kier molecular flexibility index (Phi) is 2.93. The number of carbonyl (C=O) groups is 1. The Morgan fingerprint density at radius 1 is 1.47 bits per heavy atom. The van der Waals surface area contributed by atoms with Gasteiger partial charge in [-0.2, -0.15) is 0 Å². The van der Waals surface area contributed by atoms with E-state index in [1.54, 1.807) is 18.2 Å². The van der Waals surface area contributed by atoms with Crippen LogP contribution in [0.15, 0.2) is 18.2 Å². The molecular formula is C12H17N3O2. The van der Waals surface area contributed by atoms with Crippen LogP contribution in [0.1, 0.15) is 29.6 Å². The largest absolute Gasteiger partial charge is 0.397 e. The number of nitrogens with one attached hydrogen (secondary N) is 1. The normalized spacial score (nSPS) is 17.2. The molecule has 1 aliphatic carbocycles. The summed E-state index contributed by atoms with van der Waals surface area (Å²) in [6, 6.07) is 4.91. The van der Waals surface area contributed by atoms with Gasteiger partial charge in [0.25, 0.3) is 0 Å². The van der Waals surface area contributed by atoms with E-state index in [0.29, 0.717) is 11.3 Å². The molecule has 1 aromatic carbocycles. The lowest BCUT2D eigenvalue weighted by atomic mass is 9.77. The number of hydrogen-bond donors (Lipinski definition) is 4. The van der Waals surface area contributed by atoms with Crippen LogP contribution in [-0.2, 0) is 0 Å². The van der Waals surface area contributed by atoms with Crippen molar-refractivity contribution in [2.45, 2.75) is 24.8 Å². The first-order valence-electron chi connectivity index (χ1n) is 5.65. The molecule has 1 saturated carbocycles. The molecule has 0 aromatic heterocycles. The quantitative estimate of drug-likeness (QED) is 0.577. The van der Waals surface area contributed by atoms with E-state index in [-0.39, 0.29) is 12.1 Å². The summed E-state index contributed by atoms with van der Waals surface area (Å²) in [6.07, 6.45) is 2.97. The molecule has 1 fully saturated rings. The second-order valence-corrected chi connectivity index (χ2v) is 4.58. The van der Waals surface area contributed by atoms with Crippen molar-refractivity contribution in [2.75, 3.05) is 17.7 Å². The molecule has 6 N–H and O–H groups in total. The lowest BCUT2D eigenvalue weighted by Crippen LogP contribution is -2.48. The molecule has 0 spiro atoms. The Morgan fingerprint density at radius 3 is 2.59 bits per heavy atom. The van der Waals surface area contributed by atoms with E-state index in [0.717, 1.165) is 24.9 Å². The molecule has 92 valence electrons. The first-order chi connectivity index (χ1) is 8.06. The van der Waals surface area contributed by atoms with Gasteiger partial charge in [-0.15, -0.1) is 0 Å². The molecule has 0 unspecified atom stereocenters. The van der Waals surface area contributed by atoms with Crippen LogP contribution in [0.2, 0.25) is 0 Å². The van der Waals surface area contributed by atoms with Crippen molar-refractivity contribution in [1.29, 1.82) is 0 Å². The molecular weight excluding hydrogens is 218 g/mol. The molecule has 1 amide bonds. The van der Waals surface area contributed by atoms with Crippen molar-refractivity contribution < 1.29 is 9.90 Å². The van der Waals surface area contributed by atoms with Crippen LogP contribution < -0.4 is 16.8 Å². The number of aliphatic hydroxyl groups excluding tert-OH is 1. The third-order valence-electron chi connectivity index (χ3n) is 3.35. The van der Waals surface area contributed by atoms with Gasteiger partial charge in [0.05, 0.1) is 23.5 Å². The zero-order valence-corrected chi connectivity index (χ0v) is 9.57. The molecule has 5 nitrogen and oxygen atoms in total. The third kappa shape index (κ3) is 2.19. The van der Waals surface area contributed by atoms with Gasteiger partial charge in [-0.05, 0) is 37.5 Å². The number of anilines is 2. The summed E-state index contributed by atoms with van der Waals surface area (Å²) in [5.74, 6) is -0.497. The van der Waals surface area contributed by atoms with Gasteiger partial charge in [0.1, 0.15) is 0 Å². The van der Waals surface area contributed by atoms with Crippen LogP contribution >= 0.6 is 0 Å². The number of nitrogen functional groups attached to an aromatic ring is 1. The van der Waals surface area contributed by atoms with Crippen molar-refractivity contribution >= 4 is 17.3 Å². The van der Waals surface area contributed by atoms with Crippen molar-refractivity contribution in [2.24, 2.45) is 5.73 Å². The Labute approximate surface area is 99.8 Å². The van der Waals surface area contributed by atoms with Crippen LogP contribution in [-0.4, -0.2) is 23.2 Å². The minimum Gasteiger partial charge on any atom is -0.397 e. The number of nitrogens with two attached hydrogens (primary N) is 2. The summed E-state index contributed by atoms with van der Waals surface area (Å²) < 4.78 is 0. The topological polar surface area (TPSA) is 101 Å². The van der Waals surface area contributed by atoms with Gasteiger partial charge in [0.15, 0.2) is 0 Å². The molecule has 0 heterocycles. The van der Waals surface area contributed by atoms with E-state index in [1.807, 2.05) is 0 Å². The van der Waals surface area contributed by atoms with E-state index in [1.165, 1.54) is 0 Å². The van der Waals surface area contributed by atoms with Gasteiger partial charge >= 0.3 is 0 Å². The molecule has 5 heteroatoms. The van der Waals surface area contributed by atoms with E-state index in [4.69, 9.17) is 11.5 Å². The second kappa shape index (κ2) is 4.25. The fraction of sp³-hybridized carbons (Fsp3) is 0.417. The number of primary amides is 1. The van der Waals surface area contributed by atoms with Gasteiger partial charge in [0, 0.05) is 5.56 Å². The molecule has 0 aliphatic heterocycles. The SMILES string of the molecule is NC(=O)c1ccc(NC2(CO)CCC2)c(N)c1. The maximum absolute atomic E-state index is 11.0. The van der Waals surface area contributed by atoms with Crippen LogP contribution in [0.4, 0.5) is 11.4 Å². The number of amides is 1. The fourth-order valence-corrected chi connectivity index (χ4v) is 2.04. The Hall–Kier alpha value is -1.75. The lowest BCUT2D eigenvalue weighted by molar-refractivity contribution is 0.100. The summed E-state index contributed by atoms with van der Waals surface area (Å²) in [7, 11) is 0. The van der Waals surface area contributed by atoms with Gasteiger partial charge in [-0.1, -0.05) is 0 Å². The number of carbonyl (C=O) groups excluding carboxylic acids is 1. The first-order valence-corrected chi connectivity index (χ1v) is 5.65. The number of hydrogen-bond acceptors (Lipinski definition) is 4. The monoisotopic (exact) mass is 235 g/mol. The first kappa shape index (κ1) is 11.7. The van der Waals surface area contributed by atoms with E-state index in [2.05, 4.69) is 5.32 Å². The second-order valence-electron chi connectivity index (χ2n) is 4.58. The molecule has 0 saturated heterocycles. The average Bonchev–Trinajstić information content (AvgIpc) is 2.25.